The maximum absolute atomic E-state index is 13.0. The number of Topliss-reactive ketones (excluding diaryl/α,β-unsaturated/α-hetero) is 1. The summed E-state index contributed by atoms with van der Waals surface area (Å²) in [6.07, 6.45) is -1.71. The Balaban J connectivity index is 1.44. The molecule has 0 fully saturated rings. The maximum atomic E-state index is 13.0. The minimum atomic E-state index is -4.58. The number of rotatable bonds is 7. The predicted octanol–water partition coefficient (Wildman–Crippen LogP) is 0.968. The van der Waals surface area contributed by atoms with Gasteiger partial charge in [0.2, 0.25) is 5.91 Å². The molecular formula is C22H21F3N8O4. The normalized spacial score (nSPS) is 14.4. The van der Waals surface area contributed by atoms with Crippen molar-refractivity contribution in [3.05, 3.63) is 62.3 Å². The molecule has 1 atom stereocenters. The van der Waals surface area contributed by atoms with E-state index in [0.717, 1.165) is 10.8 Å². The number of pyridine rings is 1. The fourth-order valence-corrected chi connectivity index (χ4v) is 3.83. The number of alkyl halides is 3. The van der Waals surface area contributed by atoms with Crippen LogP contribution < -0.4 is 27.2 Å². The fourth-order valence-electron chi connectivity index (χ4n) is 3.83. The lowest BCUT2D eigenvalue weighted by molar-refractivity contribution is -0.141. The first-order valence-electron chi connectivity index (χ1n) is 10.9. The third-order valence-electron chi connectivity index (χ3n) is 5.55. The van der Waals surface area contributed by atoms with E-state index in [0.29, 0.717) is 0 Å². The molecule has 0 aromatic carbocycles. The van der Waals surface area contributed by atoms with Crippen LogP contribution in [0.3, 0.4) is 0 Å². The van der Waals surface area contributed by atoms with Crippen LogP contribution in [0, 0.1) is 6.92 Å². The van der Waals surface area contributed by atoms with Crippen molar-refractivity contribution in [3.63, 3.8) is 0 Å². The summed E-state index contributed by atoms with van der Waals surface area (Å²) in [5, 5.41) is 8.23. The largest absolute Gasteiger partial charge is 0.433 e. The highest BCUT2D eigenvalue weighted by Crippen LogP contribution is 2.32. The van der Waals surface area contributed by atoms with Crippen LogP contribution in [0.2, 0.25) is 0 Å². The van der Waals surface area contributed by atoms with E-state index in [1.807, 2.05) is 0 Å². The zero-order valence-electron chi connectivity index (χ0n) is 19.8. The van der Waals surface area contributed by atoms with E-state index in [1.54, 1.807) is 0 Å². The molecule has 12 nitrogen and oxygen atoms in total. The average molecular weight is 518 g/mol. The third-order valence-corrected chi connectivity index (χ3v) is 5.55. The van der Waals surface area contributed by atoms with Gasteiger partial charge in [0.05, 0.1) is 36.7 Å². The first-order valence-corrected chi connectivity index (χ1v) is 10.9. The molecule has 0 saturated carbocycles. The van der Waals surface area contributed by atoms with Gasteiger partial charge in [-0.1, -0.05) is 0 Å². The van der Waals surface area contributed by atoms with E-state index < -0.39 is 35.2 Å². The predicted molar refractivity (Wildman–Crippen MR) is 125 cm³/mol. The van der Waals surface area contributed by atoms with Gasteiger partial charge in [-0.2, -0.15) is 13.2 Å². The number of aryl methyl sites for hydroxylation is 1. The van der Waals surface area contributed by atoms with Crippen LogP contribution in [0.1, 0.15) is 29.9 Å². The first kappa shape index (κ1) is 25.7. The van der Waals surface area contributed by atoms with Crippen molar-refractivity contribution in [2.24, 2.45) is 7.05 Å². The number of fused-ring (bicyclic) bond motifs is 1. The molecule has 4 heterocycles. The minimum absolute atomic E-state index is 0.0510. The van der Waals surface area contributed by atoms with Gasteiger partial charge in [-0.3, -0.25) is 38.8 Å². The number of halogens is 3. The van der Waals surface area contributed by atoms with Gasteiger partial charge in [0, 0.05) is 18.8 Å². The van der Waals surface area contributed by atoms with E-state index in [9.17, 15) is 32.3 Å². The number of nitrogens with zero attached hydrogens (tertiary/aromatic N) is 5. The summed E-state index contributed by atoms with van der Waals surface area (Å²) in [5.74, 6) is -0.569. The summed E-state index contributed by atoms with van der Waals surface area (Å²) < 4.78 is 40.9. The van der Waals surface area contributed by atoms with Gasteiger partial charge in [0.1, 0.15) is 23.5 Å². The molecule has 3 aromatic heterocycles. The molecule has 4 rings (SSSR count). The lowest BCUT2D eigenvalue weighted by Crippen LogP contribution is -2.52. The maximum Gasteiger partial charge on any atom is 0.433 e. The topological polar surface area (TPSA) is 153 Å². The molecule has 1 amide bonds. The van der Waals surface area contributed by atoms with Gasteiger partial charge in [0.25, 0.3) is 5.56 Å². The molecule has 3 N–H and O–H groups in total. The van der Waals surface area contributed by atoms with E-state index in [2.05, 4.69) is 30.9 Å². The summed E-state index contributed by atoms with van der Waals surface area (Å²) in [6.45, 7) is 1.91. The number of aromatic nitrogens is 5. The summed E-state index contributed by atoms with van der Waals surface area (Å²) in [7, 11) is 1.45. The van der Waals surface area contributed by atoms with Gasteiger partial charge in [-0.25, -0.2) is 9.78 Å². The van der Waals surface area contributed by atoms with E-state index >= 15 is 0 Å². The summed E-state index contributed by atoms with van der Waals surface area (Å²) >= 11 is 0. The van der Waals surface area contributed by atoms with Crippen LogP contribution in [0.25, 0.3) is 11.3 Å². The smallest absolute Gasteiger partial charge is 0.351 e. The van der Waals surface area contributed by atoms with Crippen molar-refractivity contribution in [2.45, 2.75) is 32.7 Å². The molecule has 194 valence electrons. The number of hydrogen-bond donors (Lipinski definition) is 3. The van der Waals surface area contributed by atoms with Crippen LogP contribution in [0.5, 0.6) is 0 Å². The van der Waals surface area contributed by atoms with Crippen molar-refractivity contribution >= 4 is 23.3 Å². The van der Waals surface area contributed by atoms with Crippen molar-refractivity contribution in [2.75, 3.05) is 17.2 Å². The van der Waals surface area contributed by atoms with Crippen molar-refractivity contribution in [1.29, 1.82) is 0 Å². The standard InChI is InChI=1S/C22H21F3N8O4/c1-10-4-12(5-27-17(10)22(23,24)25)13-6-26-7-14(29-13)30-15(35)8-28-18-16-19(31-18)32(3)21(37)33(20(16)36)9-11(2)34/h4-7,18,28,31H,8-9H2,1-3H3,(H,29,30,35)/t18-/m0/s1. The number of anilines is 2. The number of hydrogen-bond acceptors (Lipinski definition) is 9. The Labute approximate surface area is 206 Å². The molecule has 1 aliphatic heterocycles. The Morgan fingerprint density at radius 1 is 1.19 bits per heavy atom. The second-order valence-electron chi connectivity index (χ2n) is 8.38. The third kappa shape index (κ3) is 5.11. The summed E-state index contributed by atoms with van der Waals surface area (Å²) in [6, 6.07) is 1.28. The van der Waals surface area contributed by atoms with Crippen LogP contribution >= 0.6 is 0 Å². The Bertz CT molecular complexity index is 1530. The van der Waals surface area contributed by atoms with Crippen molar-refractivity contribution in [3.8, 4) is 11.3 Å². The molecule has 0 bridgehead atoms. The molecule has 15 heteroatoms. The number of amides is 1. The summed E-state index contributed by atoms with van der Waals surface area (Å²) in [4.78, 5) is 60.5. The van der Waals surface area contributed by atoms with Crippen LogP contribution in [-0.4, -0.2) is 42.3 Å². The van der Waals surface area contributed by atoms with E-state index in [-0.39, 0.29) is 52.9 Å². The number of carbonyl (C=O) groups is 2. The highest BCUT2D eigenvalue weighted by Gasteiger charge is 2.35. The molecular weight excluding hydrogens is 497 g/mol. The second kappa shape index (κ2) is 9.57. The SMILES string of the molecule is CC(=O)Cn1c(=O)c2c(n(C)c1=O)N[C@@H]2NCC(=O)Nc1cncc(-c2cnc(C(F)(F)F)c(C)c2)n1. The second-order valence-corrected chi connectivity index (χ2v) is 8.38. The fraction of sp³-hybridized carbons (Fsp3) is 0.318. The van der Waals surface area contributed by atoms with E-state index in [1.165, 1.54) is 43.9 Å². The number of nitrogens with one attached hydrogen (secondary N) is 3. The molecule has 0 radical (unpaired) electrons. The lowest BCUT2D eigenvalue weighted by atomic mass is 10.1. The first-order chi connectivity index (χ1) is 17.4. The van der Waals surface area contributed by atoms with Crippen molar-refractivity contribution < 1.29 is 22.8 Å². The average Bonchev–Trinajstić information content (AvgIpc) is 2.79. The molecule has 0 unspecified atom stereocenters. The highest BCUT2D eigenvalue weighted by atomic mass is 19.4. The zero-order valence-corrected chi connectivity index (χ0v) is 19.8. The lowest BCUT2D eigenvalue weighted by Gasteiger charge is -2.34. The Morgan fingerprint density at radius 3 is 2.57 bits per heavy atom. The number of ketones is 1. The van der Waals surface area contributed by atoms with Gasteiger partial charge in [-0.15, -0.1) is 0 Å². The van der Waals surface area contributed by atoms with Crippen LogP contribution in [0.4, 0.5) is 24.8 Å². The van der Waals surface area contributed by atoms with Crippen LogP contribution in [-0.2, 0) is 29.4 Å². The molecule has 1 aliphatic rings. The highest BCUT2D eigenvalue weighted by molar-refractivity contribution is 5.91. The van der Waals surface area contributed by atoms with Gasteiger partial charge >= 0.3 is 11.9 Å². The van der Waals surface area contributed by atoms with Gasteiger partial charge in [-0.05, 0) is 25.5 Å². The minimum Gasteiger partial charge on any atom is -0.351 e. The molecule has 0 spiro atoms. The van der Waals surface area contributed by atoms with E-state index in [4.69, 9.17) is 0 Å². The molecule has 3 aromatic rings. The van der Waals surface area contributed by atoms with Crippen LogP contribution in [0.15, 0.2) is 34.2 Å². The monoisotopic (exact) mass is 518 g/mol. The molecule has 37 heavy (non-hydrogen) atoms. The Kier molecular flexibility index (Phi) is 6.64. The van der Waals surface area contributed by atoms with Gasteiger partial charge < -0.3 is 10.6 Å². The van der Waals surface area contributed by atoms with Gasteiger partial charge in [0.15, 0.2) is 5.82 Å². The number of carbonyl (C=O) groups excluding carboxylic acids is 2. The quantitative estimate of drug-likeness (QED) is 0.415. The summed E-state index contributed by atoms with van der Waals surface area (Å²) in [5.41, 5.74) is -1.66. The zero-order chi connectivity index (χ0) is 27.1. The van der Waals surface area contributed by atoms with Crippen molar-refractivity contribution in [1.82, 2.24) is 29.4 Å². The Hall–Kier alpha value is -4.40. The Morgan fingerprint density at radius 2 is 1.92 bits per heavy atom. The molecule has 0 aliphatic carbocycles. The molecule has 0 saturated heterocycles.